The van der Waals surface area contributed by atoms with Gasteiger partial charge in [0.1, 0.15) is 11.4 Å². The van der Waals surface area contributed by atoms with E-state index in [0.29, 0.717) is 23.9 Å². The van der Waals surface area contributed by atoms with Gasteiger partial charge in [0.05, 0.1) is 12.3 Å². The predicted octanol–water partition coefficient (Wildman–Crippen LogP) is 3.63. The number of aryl methyl sites for hydroxylation is 1. The summed E-state index contributed by atoms with van der Waals surface area (Å²) in [4.78, 5) is 20.5. The summed E-state index contributed by atoms with van der Waals surface area (Å²) in [6, 6.07) is 5.72. The van der Waals surface area contributed by atoms with Crippen molar-refractivity contribution in [2.24, 2.45) is 5.92 Å². The maximum Gasteiger partial charge on any atom is 0.276 e. The monoisotopic (exact) mass is 313 g/mol. The number of carbonyl (C=O) groups is 1. The first-order valence-electron chi connectivity index (χ1n) is 7.86. The van der Waals surface area contributed by atoms with E-state index in [4.69, 9.17) is 4.74 Å². The van der Waals surface area contributed by atoms with Crippen LogP contribution in [0.15, 0.2) is 30.6 Å². The molecule has 5 nitrogen and oxygen atoms in total. The Balaban J connectivity index is 2.23. The van der Waals surface area contributed by atoms with Crippen LogP contribution in [0.3, 0.4) is 0 Å². The molecule has 1 aromatic carbocycles. The molecule has 0 radical (unpaired) electrons. The van der Waals surface area contributed by atoms with Gasteiger partial charge < -0.3 is 10.1 Å². The molecule has 0 saturated carbocycles. The SMILES string of the molecule is CCOc1ccc(NC(=O)c2nccnc2C)cc1CC(C)C. The van der Waals surface area contributed by atoms with Crippen LogP contribution >= 0.6 is 0 Å². The molecule has 1 amide bonds. The maximum absolute atomic E-state index is 12.3. The molecular formula is C18H23N3O2. The third-order valence-electron chi connectivity index (χ3n) is 3.34. The van der Waals surface area contributed by atoms with Gasteiger partial charge in [0, 0.05) is 18.1 Å². The van der Waals surface area contributed by atoms with Crippen LogP contribution in [0, 0.1) is 12.8 Å². The number of hydrogen-bond donors (Lipinski definition) is 1. The lowest BCUT2D eigenvalue weighted by Crippen LogP contribution is -2.16. The van der Waals surface area contributed by atoms with Crippen LogP contribution in [0.1, 0.15) is 42.5 Å². The zero-order valence-electron chi connectivity index (χ0n) is 14.1. The summed E-state index contributed by atoms with van der Waals surface area (Å²) in [5.74, 6) is 1.12. The van der Waals surface area contributed by atoms with Crippen molar-refractivity contribution in [2.75, 3.05) is 11.9 Å². The molecule has 2 rings (SSSR count). The van der Waals surface area contributed by atoms with E-state index in [1.54, 1.807) is 13.1 Å². The highest BCUT2D eigenvalue weighted by Gasteiger charge is 2.13. The number of nitrogens with one attached hydrogen (secondary N) is 1. The van der Waals surface area contributed by atoms with E-state index >= 15 is 0 Å². The lowest BCUT2D eigenvalue weighted by atomic mass is 10.0. The van der Waals surface area contributed by atoms with Gasteiger partial charge in [-0.15, -0.1) is 0 Å². The number of aromatic nitrogens is 2. The summed E-state index contributed by atoms with van der Waals surface area (Å²) in [5.41, 5.74) is 2.78. The van der Waals surface area contributed by atoms with Crippen molar-refractivity contribution in [1.29, 1.82) is 0 Å². The summed E-state index contributed by atoms with van der Waals surface area (Å²) in [6.45, 7) is 8.67. The highest BCUT2D eigenvalue weighted by atomic mass is 16.5. The number of hydrogen-bond acceptors (Lipinski definition) is 4. The molecule has 0 bridgehead atoms. The first-order chi connectivity index (χ1) is 11.0. The second kappa shape index (κ2) is 7.72. The van der Waals surface area contributed by atoms with Gasteiger partial charge in [0.15, 0.2) is 0 Å². The van der Waals surface area contributed by atoms with E-state index in [9.17, 15) is 4.79 Å². The molecule has 0 aliphatic carbocycles. The van der Waals surface area contributed by atoms with E-state index in [1.165, 1.54) is 6.20 Å². The molecule has 0 atom stereocenters. The second-order valence-corrected chi connectivity index (χ2v) is 5.80. The van der Waals surface area contributed by atoms with E-state index in [1.807, 2.05) is 25.1 Å². The van der Waals surface area contributed by atoms with Crippen molar-refractivity contribution >= 4 is 11.6 Å². The molecule has 23 heavy (non-hydrogen) atoms. The van der Waals surface area contributed by atoms with E-state index < -0.39 is 0 Å². The third-order valence-corrected chi connectivity index (χ3v) is 3.34. The smallest absolute Gasteiger partial charge is 0.276 e. The van der Waals surface area contributed by atoms with Crippen molar-refractivity contribution in [3.63, 3.8) is 0 Å². The highest BCUT2D eigenvalue weighted by molar-refractivity contribution is 6.03. The average molecular weight is 313 g/mol. The number of nitrogens with zero attached hydrogens (tertiary/aromatic N) is 2. The maximum atomic E-state index is 12.3. The fraction of sp³-hybridized carbons (Fsp3) is 0.389. The largest absolute Gasteiger partial charge is 0.494 e. The Labute approximate surface area is 137 Å². The van der Waals surface area contributed by atoms with Crippen molar-refractivity contribution in [3.05, 3.63) is 47.5 Å². The Bertz CT molecular complexity index is 684. The molecule has 122 valence electrons. The topological polar surface area (TPSA) is 64.1 Å². The number of carbonyl (C=O) groups excluding carboxylic acids is 1. The lowest BCUT2D eigenvalue weighted by molar-refractivity contribution is 0.102. The van der Waals surface area contributed by atoms with Gasteiger partial charge >= 0.3 is 0 Å². The van der Waals surface area contributed by atoms with Crippen molar-refractivity contribution in [2.45, 2.75) is 34.1 Å². The number of ether oxygens (including phenoxy) is 1. The minimum absolute atomic E-state index is 0.254. The van der Waals surface area contributed by atoms with Crippen LogP contribution in [-0.4, -0.2) is 22.5 Å². The normalized spacial score (nSPS) is 10.7. The molecule has 0 fully saturated rings. The van der Waals surface area contributed by atoms with E-state index in [-0.39, 0.29) is 5.91 Å². The first-order valence-corrected chi connectivity index (χ1v) is 7.86. The molecule has 0 spiro atoms. The fourth-order valence-electron chi connectivity index (χ4n) is 2.37. The van der Waals surface area contributed by atoms with Gasteiger partial charge in [-0.2, -0.15) is 0 Å². The number of amides is 1. The van der Waals surface area contributed by atoms with Gasteiger partial charge in [0.2, 0.25) is 0 Å². The molecule has 0 aliphatic heterocycles. The van der Waals surface area contributed by atoms with Crippen LogP contribution in [0.2, 0.25) is 0 Å². The standard InChI is InChI=1S/C18H23N3O2/c1-5-23-16-7-6-15(11-14(16)10-12(2)3)21-18(22)17-13(4)19-8-9-20-17/h6-9,11-12H,5,10H2,1-4H3,(H,21,22). The van der Waals surface area contributed by atoms with Crippen LogP contribution in [0.5, 0.6) is 5.75 Å². The Hall–Kier alpha value is -2.43. The number of rotatable bonds is 6. The fourth-order valence-corrected chi connectivity index (χ4v) is 2.37. The Kier molecular flexibility index (Phi) is 5.68. The minimum atomic E-state index is -0.254. The Morgan fingerprint density at radius 3 is 2.65 bits per heavy atom. The van der Waals surface area contributed by atoms with Gasteiger partial charge in [-0.25, -0.2) is 4.98 Å². The zero-order chi connectivity index (χ0) is 16.8. The Morgan fingerprint density at radius 1 is 1.26 bits per heavy atom. The van der Waals surface area contributed by atoms with E-state index in [0.717, 1.165) is 23.4 Å². The summed E-state index contributed by atoms with van der Waals surface area (Å²) in [5, 5.41) is 2.89. The van der Waals surface area contributed by atoms with Crippen LogP contribution < -0.4 is 10.1 Å². The summed E-state index contributed by atoms with van der Waals surface area (Å²) in [6.07, 6.45) is 3.98. The second-order valence-electron chi connectivity index (χ2n) is 5.80. The quantitative estimate of drug-likeness (QED) is 0.884. The number of benzene rings is 1. The molecule has 0 unspecified atom stereocenters. The van der Waals surface area contributed by atoms with Crippen molar-refractivity contribution in [1.82, 2.24) is 9.97 Å². The molecule has 0 aliphatic rings. The molecule has 5 heteroatoms. The third kappa shape index (κ3) is 4.52. The molecular weight excluding hydrogens is 290 g/mol. The zero-order valence-corrected chi connectivity index (χ0v) is 14.1. The van der Waals surface area contributed by atoms with Crippen LogP contribution in [0.25, 0.3) is 0 Å². The molecule has 1 N–H and O–H groups in total. The minimum Gasteiger partial charge on any atom is -0.494 e. The summed E-state index contributed by atoms with van der Waals surface area (Å²) >= 11 is 0. The van der Waals surface area contributed by atoms with E-state index in [2.05, 4.69) is 29.1 Å². The van der Waals surface area contributed by atoms with Gasteiger partial charge in [-0.05, 0) is 49.9 Å². The lowest BCUT2D eigenvalue weighted by Gasteiger charge is -2.14. The average Bonchev–Trinajstić information content (AvgIpc) is 2.50. The van der Waals surface area contributed by atoms with Crippen LogP contribution in [-0.2, 0) is 6.42 Å². The van der Waals surface area contributed by atoms with Crippen molar-refractivity contribution in [3.8, 4) is 5.75 Å². The van der Waals surface area contributed by atoms with Gasteiger partial charge in [0.25, 0.3) is 5.91 Å². The predicted molar refractivity (Wildman–Crippen MR) is 90.9 cm³/mol. The molecule has 1 heterocycles. The van der Waals surface area contributed by atoms with Crippen molar-refractivity contribution < 1.29 is 9.53 Å². The first kappa shape index (κ1) is 16.9. The molecule has 0 saturated heterocycles. The summed E-state index contributed by atoms with van der Waals surface area (Å²) < 4.78 is 5.67. The van der Waals surface area contributed by atoms with Gasteiger partial charge in [-0.3, -0.25) is 9.78 Å². The van der Waals surface area contributed by atoms with Crippen LogP contribution in [0.4, 0.5) is 5.69 Å². The summed E-state index contributed by atoms with van der Waals surface area (Å²) in [7, 11) is 0. The molecule has 2 aromatic rings. The number of anilines is 1. The Morgan fingerprint density at radius 2 is 2.00 bits per heavy atom. The van der Waals surface area contributed by atoms with Gasteiger partial charge in [-0.1, -0.05) is 13.8 Å². The highest BCUT2D eigenvalue weighted by Crippen LogP contribution is 2.26. The molecule has 1 aromatic heterocycles.